The van der Waals surface area contributed by atoms with Crippen LogP contribution in [0.5, 0.6) is 0 Å². The number of hydrogen-bond donors (Lipinski definition) is 1. The van der Waals surface area contributed by atoms with E-state index in [2.05, 4.69) is 6.92 Å². The lowest BCUT2D eigenvalue weighted by Gasteiger charge is -2.15. The molecule has 0 aromatic rings. The summed E-state index contributed by atoms with van der Waals surface area (Å²) < 4.78 is 10.1. The fraction of sp³-hybridized carbons (Fsp3) is 1.00. The second kappa shape index (κ2) is 7.53. The quantitative estimate of drug-likeness (QED) is 0.596. The van der Waals surface area contributed by atoms with Gasteiger partial charge in [0.15, 0.2) is 6.29 Å². The molecule has 0 unspecified atom stereocenters. The van der Waals surface area contributed by atoms with E-state index in [1.54, 1.807) is 14.2 Å². The molecule has 0 aromatic heterocycles. The van der Waals surface area contributed by atoms with Gasteiger partial charge in [0.2, 0.25) is 0 Å². The van der Waals surface area contributed by atoms with Crippen molar-refractivity contribution in [2.75, 3.05) is 20.8 Å². The molecule has 1 N–H and O–H groups in total. The summed E-state index contributed by atoms with van der Waals surface area (Å²) in [7, 11) is 3.29. The van der Waals surface area contributed by atoms with Crippen LogP contribution in [0.2, 0.25) is 0 Å². The predicted molar refractivity (Wildman–Crippen MR) is 47.9 cm³/mol. The van der Waals surface area contributed by atoms with Gasteiger partial charge in [0.1, 0.15) is 0 Å². The van der Waals surface area contributed by atoms with Gasteiger partial charge in [0.05, 0.1) is 0 Å². The third-order valence-electron chi connectivity index (χ3n) is 2.04. The number of ether oxygens (including phenoxy) is 2. The highest BCUT2D eigenvalue weighted by Gasteiger charge is 2.07. The molecule has 0 fully saturated rings. The normalized spacial score (nSPS) is 13.8. The zero-order valence-corrected chi connectivity index (χ0v) is 8.25. The Balaban J connectivity index is 3.37. The maximum atomic E-state index is 8.65. The molecule has 0 radical (unpaired) electrons. The molecule has 0 aliphatic carbocycles. The highest BCUT2D eigenvalue weighted by atomic mass is 16.7. The summed E-state index contributed by atoms with van der Waals surface area (Å²) in [6.07, 6.45) is 2.70. The van der Waals surface area contributed by atoms with E-state index in [0.29, 0.717) is 5.92 Å². The van der Waals surface area contributed by atoms with Crippen molar-refractivity contribution in [1.82, 2.24) is 0 Å². The minimum absolute atomic E-state index is 0.0915. The van der Waals surface area contributed by atoms with E-state index in [9.17, 15) is 0 Å². The van der Waals surface area contributed by atoms with Gasteiger partial charge < -0.3 is 14.6 Å². The van der Waals surface area contributed by atoms with Gasteiger partial charge in [0, 0.05) is 20.8 Å². The molecule has 12 heavy (non-hydrogen) atoms. The van der Waals surface area contributed by atoms with E-state index in [4.69, 9.17) is 14.6 Å². The topological polar surface area (TPSA) is 38.7 Å². The SMILES string of the molecule is COC(CC[C@@H](C)CCO)OC. The zero-order valence-electron chi connectivity index (χ0n) is 8.25. The number of methoxy groups -OCH3 is 2. The van der Waals surface area contributed by atoms with Crippen molar-refractivity contribution in [3.05, 3.63) is 0 Å². The van der Waals surface area contributed by atoms with E-state index in [-0.39, 0.29) is 12.9 Å². The largest absolute Gasteiger partial charge is 0.396 e. The van der Waals surface area contributed by atoms with Crippen molar-refractivity contribution in [2.24, 2.45) is 5.92 Å². The Morgan fingerprint density at radius 3 is 2.08 bits per heavy atom. The molecule has 0 heterocycles. The molecule has 0 spiro atoms. The molecule has 3 heteroatoms. The zero-order chi connectivity index (χ0) is 9.40. The Bertz CT molecular complexity index is 91.8. The Morgan fingerprint density at radius 2 is 1.67 bits per heavy atom. The van der Waals surface area contributed by atoms with E-state index < -0.39 is 0 Å². The van der Waals surface area contributed by atoms with Gasteiger partial charge in [0.25, 0.3) is 0 Å². The van der Waals surface area contributed by atoms with Crippen LogP contribution in [0, 0.1) is 5.92 Å². The van der Waals surface area contributed by atoms with Crippen LogP contribution in [0.1, 0.15) is 26.2 Å². The fourth-order valence-corrected chi connectivity index (χ4v) is 1.12. The third kappa shape index (κ3) is 5.52. The molecule has 0 aliphatic rings. The van der Waals surface area contributed by atoms with Crippen molar-refractivity contribution in [1.29, 1.82) is 0 Å². The van der Waals surface area contributed by atoms with Crippen molar-refractivity contribution in [3.8, 4) is 0 Å². The smallest absolute Gasteiger partial charge is 0.156 e. The second-order valence-electron chi connectivity index (χ2n) is 3.10. The maximum Gasteiger partial charge on any atom is 0.156 e. The van der Waals surface area contributed by atoms with Gasteiger partial charge in [-0.25, -0.2) is 0 Å². The van der Waals surface area contributed by atoms with Crippen LogP contribution in [-0.4, -0.2) is 32.2 Å². The predicted octanol–water partition coefficient (Wildman–Crippen LogP) is 1.40. The molecule has 0 aromatic carbocycles. The molecule has 74 valence electrons. The highest BCUT2D eigenvalue weighted by molar-refractivity contribution is 4.54. The monoisotopic (exact) mass is 176 g/mol. The van der Waals surface area contributed by atoms with Crippen molar-refractivity contribution < 1.29 is 14.6 Å². The van der Waals surface area contributed by atoms with Crippen molar-refractivity contribution in [3.63, 3.8) is 0 Å². The lowest BCUT2D eigenvalue weighted by atomic mass is 10.0. The number of hydrogen-bond acceptors (Lipinski definition) is 3. The van der Waals surface area contributed by atoms with Gasteiger partial charge in [-0.1, -0.05) is 6.92 Å². The summed E-state index contributed by atoms with van der Waals surface area (Å²) in [4.78, 5) is 0. The van der Waals surface area contributed by atoms with Crippen molar-refractivity contribution >= 4 is 0 Å². The Labute approximate surface area is 74.7 Å². The molecule has 0 amide bonds. The number of aliphatic hydroxyl groups excluding tert-OH is 1. The van der Waals surface area contributed by atoms with Crippen molar-refractivity contribution in [2.45, 2.75) is 32.5 Å². The Hall–Kier alpha value is -0.120. The summed E-state index contributed by atoms with van der Waals surface area (Å²) in [6, 6.07) is 0. The molecule has 1 atom stereocenters. The lowest BCUT2D eigenvalue weighted by molar-refractivity contribution is -0.108. The molecule has 0 saturated heterocycles. The second-order valence-corrected chi connectivity index (χ2v) is 3.10. The first-order valence-corrected chi connectivity index (χ1v) is 4.41. The van der Waals surface area contributed by atoms with Crippen LogP contribution in [0.15, 0.2) is 0 Å². The molecule has 0 bridgehead atoms. The Morgan fingerprint density at radius 1 is 1.08 bits per heavy atom. The minimum Gasteiger partial charge on any atom is -0.396 e. The molecule has 0 aliphatic heterocycles. The van der Waals surface area contributed by atoms with Crippen LogP contribution in [-0.2, 0) is 9.47 Å². The summed E-state index contributed by atoms with van der Waals surface area (Å²) >= 11 is 0. The van der Waals surface area contributed by atoms with Crippen LogP contribution in [0.3, 0.4) is 0 Å². The fourth-order valence-electron chi connectivity index (χ4n) is 1.12. The average Bonchev–Trinajstić information content (AvgIpc) is 2.07. The van der Waals surface area contributed by atoms with E-state index in [1.165, 1.54) is 0 Å². The highest BCUT2D eigenvalue weighted by Crippen LogP contribution is 2.12. The molecule has 3 nitrogen and oxygen atoms in total. The van der Waals surface area contributed by atoms with Gasteiger partial charge in [-0.3, -0.25) is 0 Å². The number of rotatable bonds is 7. The third-order valence-corrected chi connectivity index (χ3v) is 2.04. The van der Waals surface area contributed by atoms with Gasteiger partial charge >= 0.3 is 0 Å². The van der Waals surface area contributed by atoms with Gasteiger partial charge in [-0.05, 0) is 25.2 Å². The first-order chi connectivity index (χ1) is 5.74. The van der Waals surface area contributed by atoms with E-state index in [1.807, 2.05) is 0 Å². The minimum atomic E-state index is -0.0915. The Kier molecular flexibility index (Phi) is 7.45. The van der Waals surface area contributed by atoms with E-state index in [0.717, 1.165) is 19.3 Å². The van der Waals surface area contributed by atoms with Crippen LogP contribution in [0.25, 0.3) is 0 Å². The van der Waals surface area contributed by atoms with Crippen LogP contribution >= 0.6 is 0 Å². The first-order valence-electron chi connectivity index (χ1n) is 4.41. The summed E-state index contributed by atoms with van der Waals surface area (Å²) in [6.45, 7) is 2.39. The molecular weight excluding hydrogens is 156 g/mol. The molecule has 0 saturated carbocycles. The van der Waals surface area contributed by atoms with Crippen LogP contribution < -0.4 is 0 Å². The van der Waals surface area contributed by atoms with Gasteiger partial charge in [-0.15, -0.1) is 0 Å². The first kappa shape index (κ1) is 11.9. The maximum absolute atomic E-state index is 8.65. The molecule has 0 rings (SSSR count). The average molecular weight is 176 g/mol. The van der Waals surface area contributed by atoms with Crippen LogP contribution in [0.4, 0.5) is 0 Å². The summed E-state index contributed by atoms with van der Waals surface area (Å²) in [5.74, 6) is 0.544. The number of aliphatic hydroxyl groups is 1. The summed E-state index contributed by atoms with van der Waals surface area (Å²) in [5, 5.41) is 8.65. The summed E-state index contributed by atoms with van der Waals surface area (Å²) in [5.41, 5.74) is 0. The molecular formula is C9H20O3. The van der Waals surface area contributed by atoms with Gasteiger partial charge in [-0.2, -0.15) is 0 Å². The lowest BCUT2D eigenvalue weighted by Crippen LogP contribution is -2.14. The standard InChI is InChI=1S/C9H20O3/c1-8(6-7-10)4-5-9(11-2)12-3/h8-10H,4-7H2,1-3H3/t8-/m1/s1. The van der Waals surface area contributed by atoms with E-state index >= 15 is 0 Å².